The predicted octanol–water partition coefficient (Wildman–Crippen LogP) is 6.47. The summed E-state index contributed by atoms with van der Waals surface area (Å²) in [5.41, 5.74) is 2.75. The summed E-state index contributed by atoms with van der Waals surface area (Å²) < 4.78 is 51.0. The van der Waals surface area contributed by atoms with Crippen molar-refractivity contribution in [1.82, 2.24) is 0 Å². The largest absolute Gasteiger partial charge is 0.496 e. The molecule has 0 radical (unpaired) electrons. The highest BCUT2D eigenvalue weighted by molar-refractivity contribution is 6.05. The molecule has 1 N–H and O–H groups in total. The Hall–Kier alpha value is -3.48. The molecule has 0 saturated carbocycles. The first-order valence-corrected chi connectivity index (χ1v) is 9.95. The van der Waals surface area contributed by atoms with Gasteiger partial charge in [0, 0.05) is 11.1 Å². The van der Waals surface area contributed by atoms with Crippen molar-refractivity contribution in [2.45, 2.75) is 33.6 Å². The normalized spacial score (nSPS) is 11.2. The average Bonchev–Trinajstić information content (AvgIpc) is 2.74. The van der Waals surface area contributed by atoms with Crippen LogP contribution in [-0.4, -0.2) is 13.0 Å². The van der Waals surface area contributed by atoms with Crippen LogP contribution in [0.15, 0.2) is 54.6 Å². The SMILES string of the molecule is COc1ccc(C(=O)Nc2ccccc2C(F)(F)F)cc1COc1cc(C)cc(C)c1C. The quantitative estimate of drug-likeness (QED) is 0.475. The number of methoxy groups -OCH3 is 1. The molecule has 0 saturated heterocycles. The zero-order valence-electron chi connectivity index (χ0n) is 18.3. The fourth-order valence-electron chi connectivity index (χ4n) is 3.37. The van der Waals surface area contributed by atoms with Crippen LogP contribution in [0.25, 0.3) is 0 Å². The van der Waals surface area contributed by atoms with Gasteiger partial charge >= 0.3 is 6.18 Å². The van der Waals surface area contributed by atoms with E-state index in [0.717, 1.165) is 28.5 Å². The number of aryl methyl sites for hydroxylation is 2. The van der Waals surface area contributed by atoms with Crippen LogP contribution in [0, 0.1) is 20.8 Å². The second kappa shape index (κ2) is 9.34. The van der Waals surface area contributed by atoms with E-state index in [9.17, 15) is 18.0 Å². The van der Waals surface area contributed by atoms with E-state index in [1.165, 1.54) is 31.4 Å². The van der Waals surface area contributed by atoms with Gasteiger partial charge in [-0.2, -0.15) is 13.2 Å². The molecule has 32 heavy (non-hydrogen) atoms. The van der Waals surface area contributed by atoms with Gasteiger partial charge in [-0.3, -0.25) is 4.79 Å². The number of nitrogens with one attached hydrogen (secondary N) is 1. The first kappa shape index (κ1) is 23.2. The molecule has 0 unspecified atom stereocenters. The van der Waals surface area contributed by atoms with Gasteiger partial charge in [0.1, 0.15) is 18.1 Å². The van der Waals surface area contributed by atoms with Crippen LogP contribution in [0.3, 0.4) is 0 Å². The molecule has 0 fully saturated rings. The fraction of sp³-hybridized carbons (Fsp3) is 0.240. The molecule has 0 aliphatic carbocycles. The summed E-state index contributed by atoms with van der Waals surface area (Å²) in [6.07, 6.45) is -4.58. The van der Waals surface area contributed by atoms with E-state index < -0.39 is 17.6 Å². The van der Waals surface area contributed by atoms with Gasteiger partial charge in [0.15, 0.2) is 0 Å². The second-order valence-corrected chi connectivity index (χ2v) is 7.52. The lowest BCUT2D eigenvalue weighted by atomic mass is 10.1. The van der Waals surface area contributed by atoms with Crippen LogP contribution in [-0.2, 0) is 12.8 Å². The van der Waals surface area contributed by atoms with Crippen molar-refractivity contribution in [2.24, 2.45) is 0 Å². The van der Waals surface area contributed by atoms with E-state index in [1.54, 1.807) is 12.1 Å². The van der Waals surface area contributed by atoms with Crippen molar-refractivity contribution in [3.63, 3.8) is 0 Å². The van der Waals surface area contributed by atoms with Crippen molar-refractivity contribution in [3.8, 4) is 11.5 Å². The molecule has 0 atom stereocenters. The maximum Gasteiger partial charge on any atom is 0.418 e. The minimum atomic E-state index is -4.58. The highest BCUT2D eigenvalue weighted by atomic mass is 19.4. The van der Waals surface area contributed by atoms with Crippen molar-refractivity contribution < 1.29 is 27.4 Å². The molecule has 3 rings (SSSR count). The number of ether oxygens (including phenoxy) is 2. The fourth-order valence-corrected chi connectivity index (χ4v) is 3.37. The number of para-hydroxylation sites is 1. The molecule has 0 heterocycles. The number of alkyl halides is 3. The zero-order chi connectivity index (χ0) is 23.5. The lowest BCUT2D eigenvalue weighted by molar-refractivity contribution is -0.136. The lowest BCUT2D eigenvalue weighted by Crippen LogP contribution is -2.17. The van der Waals surface area contributed by atoms with Gasteiger partial charge in [0.25, 0.3) is 5.91 Å². The van der Waals surface area contributed by atoms with E-state index in [-0.39, 0.29) is 17.9 Å². The van der Waals surface area contributed by atoms with Gasteiger partial charge < -0.3 is 14.8 Å². The Morgan fingerprint density at radius 1 is 0.969 bits per heavy atom. The van der Waals surface area contributed by atoms with Crippen LogP contribution >= 0.6 is 0 Å². The molecular weight excluding hydrogens is 419 g/mol. The zero-order valence-corrected chi connectivity index (χ0v) is 18.3. The molecule has 0 spiro atoms. The Labute approximate surface area is 185 Å². The second-order valence-electron chi connectivity index (χ2n) is 7.52. The summed E-state index contributed by atoms with van der Waals surface area (Å²) in [5, 5.41) is 2.36. The summed E-state index contributed by atoms with van der Waals surface area (Å²) in [6, 6.07) is 13.5. The Bertz CT molecular complexity index is 1140. The number of amides is 1. The van der Waals surface area contributed by atoms with Crippen molar-refractivity contribution in [3.05, 3.63) is 88.0 Å². The lowest BCUT2D eigenvalue weighted by Gasteiger charge is -2.16. The number of benzene rings is 3. The molecule has 3 aromatic rings. The first-order chi connectivity index (χ1) is 15.1. The number of hydrogen-bond acceptors (Lipinski definition) is 3. The van der Waals surface area contributed by atoms with E-state index in [2.05, 4.69) is 11.4 Å². The molecule has 4 nitrogen and oxygen atoms in total. The van der Waals surface area contributed by atoms with Crippen molar-refractivity contribution >= 4 is 11.6 Å². The number of hydrogen-bond donors (Lipinski definition) is 1. The van der Waals surface area contributed by atoms with Gasteiger partial charge in [-0.1, -0.05) is 18.2 Å². The van der Waals surface area contributed by atoms with E-state index in [1.807, 2.05) is 26.8 Å². The van der Waals surface area contributed by atoms with Crippen LogP contribution in [0.5, 0.6) is 11.5 Å². The molecule has 0 bridgehead atoms. The summed E-state index contributed by atoms with van der Waals surface area (Å²) in [5.74, 6) is 0.575. The smallest absolute Gasteiger partial charge is 0.418 e. The average molecular weight is 443 g/mol. The third-order valence-corrected chi connectivity index (χ3v) is 5.17. The molecule has 0 aromatic heterocycles. The van der Waals surface area contributed by atoms with Gasteiger partial charge in [0.2, 0.25) is 0 Å². The Morgan fingerprint density at radius 2 is 1.69 bits per heavy atom. The molecule has 1 amide bonds. The Morgan fingerprint density at radius 3 is 2.38 bits per heavy atom. The monoisotopic (exact) mass is 443 g/mol. The molecule has 3 aromatic carbocycles. The van der Waals surface area contributed by atoms with Crippen LogP contribution in [0.2, 0.25) is 0 Å². The Kier molecular flexibility index (Phi) is 6.77. The third-order valence-electron chi connectivity index (χ3n) is 5.17. The van der Waals surface area contributed by atoms with Crippen LogP contribution in [0.4, 0.5) is 18.9 Å². The first-order valence-electron chi connectivity index (χ1n) is 9.95. The van der Waals surface area contributed by atoms with Gasteiger partial charge in [-0.25, -0.2) is 0 Å². The van der Waals surface area contributed by atoms with Crippen molar-refractivity contribution in [2.75, 3.05) is 12.4 Å². The maximum absolute atomic E-state index is 13.2. The summed E-state index contributed by atoms with van der Waals surface area (Å²) >= 11 is 0. The molecule has 0 aliphatic rings. The van der Waals surface area contributed by atoms with Gasteiger partial charge in [-0.15, -0.1) is 0 Å². The van der Waals surface area contributed by atoms with Gasteiger partial charge in [0.05, 0.1) is 18.4 Å². The van der Waals surface area contributed by atoms with Crippen LogP contribution in [0.1, 0.15) is 38.2 Å². The number of halogens is 3. The maximum atomic E-state index is 13.2. The summed E-state index contributed by atoms with van der Waals surface area (Å²) in [4.78, 5) is 12.7. The minimum absolute atomic E-state index is 0.132. The number of carbonyl (C=O) groups excluding carboxylic acids is 1. The number of anilines is 1. The molecule has 168 valence electrons. The highest BCUT2D eigenvalue weighted by Gasteiger charge is 2.33. The van der Waals surface area contributed by atoms with Crippen LogP contribution < -0.4 is 14.8 Å². The molecule has 0 aliphatic heterocycles. The summed E-state index contributed by atoms with van der Waals surface area (Å²) in [6.45, 7) is 6.07. The summed E-state index contributed by atoms with van der Waals surface area (Å²) in [7, 11) is 1.50. The topological polar surface area (TPSA) is 47.6 Å². The standard InChI is InChI=1S/C25H24F3NO3/c1-15-11-16(2)17(3)23(12-15)32-14-19-13-18(9-10-22(19)31-4)24(30)29-21-8-6-5-7-20(21)25(26,27)28/h5-13H,14H2,1-4H3,(H,29,30). The highest BCUT2D eigenvalue weighted by Crippen LogP contribution is 2.35. The molecular formula is C25H24F3NO3. The van der Waals surface area contributed by atoms with E-state index in [4.69, 9.17) is 9.47 Å². The third kappa shape index (κ3) is 5.22. The van der Waals surface area contributed by atoms with E-state index in [0.29, 0.717) is 11.3 Å². The number of carbonyl (C=O) groups is 1. The number of rotatable bonds is 6. The molecule has 7 heteroatoms. The van der Waals surface area contributed by atoms with E-state index >= 15 is 0 Å². The van der Waals surface area contributed by atoms with Crippen molar-refractivity contribution in [1.29, 1.82) is 0 Å². The van der Waals surface area contributed by atoms with Gasteiger partial charge in [-0.05, 0) is 73.9 Å². The Balaban J connectivity index is 1.85. The predicted molar refractivity (Wildman–Crippen MR) is 117 cm³/mol. The minimum Gasteiger partial charge on any atom is -0.496 e.